The molecule has 1 fully saturated rings. The van der Waals surface area contributed by atoms with Crippen LogP contribution in [-0.4, -0.2) is 54.3 Å². The number of hydrogen-bond donors (Lipinski definition) is 3. The summed E-state index contributed by atoms with van der Waals surface area (Å²) in [4.78, 5) is 32.2. The third-order valence-corrected chi connectivity index (χ3v) is 6.08. The lowest BCUT2D eigenvalue weighted by atomic mass is 10.0. The third kappa shape index (κ3) is 6.59. The molecule has 2 heterocycles. The van der Waals surface area contributed by atoms with E-state index in [2.05, 4.69) is 44.9 Å². The molecule has 1 amide bonds. The Hall–Kier alpha value is -3.49. The van der Waals surface area contributed by atoms with E-state index in [1.165, 1.54) is 0 Å². The Morgan fingerprint density at radius 3 is 2.31 bits per heavy atom. The Labute approximate surface area is 211 Å². The number of ether oxygens (including phenoxy) is 2. The van der Waals surface area contributed by atoms with Gasteiger partial charge in [-0.3, -0.25) is 4.79 Å². The Morgan fingerprint density at radius 1 is 1.03 bits per heavy atom. The number of benzene rings is 2. The van der Waals surface area contributed by atoms with Gasteiger partial charge in [0.05, 0.1) is 31.1 Å². The molecule has 2 aromatic carbocycles. The van der Waals surface area contributed by atoms with E-state index in [0.29, 0.717) is 11.5 Å². The number of H-pyrrole nitrogens is 1. The van der Waals surface area contributed by atoms with Gasteiger partial charge in [-0.05, 0) is 49.8 Å². The molecule has 0 bridgehead atoms. The van der Waals surface area contributed by atoms with Crippen LogP contribution >= 0.6 is 0 Å². The zero-order valence-electron chi connectivity index (χ0n) is 21.3. The molecule has 0 unspecified atom stereocenters. The molecule has 0 aliphatic carbocycles. The quantitative estimate of drug-likeness (QED) is 0.394. The lowest BCUT2D eigenvalue weighted by Gasteiger charge is -2.19. The molecule has 0 saturated carbocycles. The molecular formula is C28H34N4O4. The number of aromatic amines is 1. The second kappa shape index (κ2) is 11.1. The third-order valence-electron chi connectivity index (χ3n) is 6.08. The van der Waals surface area contributed by atoms with Crippen LogP contribution in [0.4, 0.5) is 4.79 Å². The molecule has 36 heavy (non-hydrogen) atoms. The highest BCUT2D eigenvalue weighted by Crippen LogP contribution is 2.28. The van der Waals surface area contributed by atoms with Gasteiger partial charge in [-0.25, -0.2) is 9.78 Å². The first-order valence-electron chi connectivity index (χ1n) is 12.2. The van der Waals surface area contributed by atoms with Gasteiger partial charge in [-0.1, -0.05) is 48.5 Å². The minimum atomic E-state index is -0.606. The van der Waals surface area contributed by atoms with Crippen LogP contribution < -0.4 is 10.6 Å². The number of imidazole rings is 1. The molecule has 1 aromatic heterocycles. The Kier molecular flexibility index (Phi) is 7.86. The molecular weight excluding hydrogens is 456 g/mol. The first-order valence-corrected chi connectivity index (χ1v) is 12.2. The van der Waals surface area contributed by atoms with Crippen molar-refractivity contribution in [2.45, 2.75) is 38.8 Å². The van der Waals surface area contributed by atoms with Gasteiger partial charge in [-0.15, -0.1) is 0 Å². The van der Waals surface area contributed by atoms with E-state index < -0.39 is 11.7 Å². The van der Waals surface area contributed by atoms with Crippen molar-refractivity contribution in [1.82, 2.24) is 20.6 Å². The standard InChI is InChI=1S/C28H34N4O4/c1-28(2,3)36-27(34)31-16-25(33)22-11-7-20(8-12-22)19-5-9-21(10-6-19)24-15-30-26(32-24)23-13-18(14-29-23)17-35-4/h5-12,15,18,23,29H,13-14,16-17H2,1-4H3,(H,30,32)(H,31,34)/t18-,23-/m0/s1. The fraction of sp³-hybridized carbons (Fsp3) is 0.393. The highest BCUT2D eigenvalue weighted by molar-refractivity contribution is 5.99. The summed E-state index contributed by atoms with van der Waals surface area (Å²) in [7, 11) is 1.74. The maximum Gasteiger partial charge on any atom is 0.408 e. The number of hydrogen-bond acceptors (Lipinski definition) is 6. The van der Waals surface area contributed by atoms with E-state index in [4.69, 9.17) is 9.47 Å². The van der Waals surface area contributed by atoms with Crippen LogP contribution in [0.5, 0.6) is 0 Å². The normalized spacial score (nSPS) is 17.7. The summed E-state index contributed by atoms with van der Waals surface area (Å²) in [5.41, 5.74) is 4.01. The number of carbonyl (C=O) groups excluding carboxylic acids is 2. The van der Waals surface area contributed by atoms with Crippen molar-refractivity contribution in [2.75, 3.05) is 26.8 Å². The lowest BCUT2D eigenvalue weighted by Crippen LogP contribution is -2.35. The first-order chi connectivity index (χ1) is 17.2. The van der Waals surface area contributed by atoms with Gasteiger partial charge in [-0.2, -0.15) is 0 Å². The highest BCUT2D eigenvalue weighted by atomic mass is 16.6. The number of ketones is 1. The summed E-state index contributed by atoms with van der Waals surface area (Å²) < 4.78 is 10.4. The molecule has 0 radical (unpaired) electrons. The summed E-state index contributed by atoms with van der Waals surface area (Å²) in [5.74, 6) is 1.29. The Bertz CT molecular complexity index is 1180. The molecule has 8 heteroatoms. The van der Waals surface area contributed by atoms with E-state index in [1.807, 2.05) is 18.3 Å². The van der Waals surface area contributed by atoms with E-state index in [0.717, 1.165) is 47.8 Å². The first kappa shape index (κ1) is 25.6. The zero-order chi connectivity index (χ0) is 25.7. The minimum absolute atomic E-state index is 0.113. The average Bonchev–Trinajstić information content (AvgIpc) is 3.52. The number of rotatable bonds is 8. The summed E-state index contributed by atoms with van der Waals surface area (Å²) in [6, 6.07) is 15.8. The number of Topliss-reactive ketones (excluding diaryl/α,β-unsaturated/α-hetero) is 1. The summed E-state index contributed by atoms with van der Waals surface area (Å²) >= 11 is 0. The number of aromatic nitrogens is 2. The van der Waals surface area contributed by atoms with E-state index >= 15 is 0 Å². The second-order valence-corrected chi connectivity index (χ2v) is 10.1. The molecule has 1 saturated heterocycles. The minimum Gasteiger partial charge on any atom is -0.444 e. The number of amides is 1. The van der Waals surface area contributed by atoms with E-state index in [-0.39, 0.29) is 18.4 Å². The van der Waals surface area contributed by atoms with Crippen LogP contribution in [0.3, 0.4) is 0 Å². The van der Waals surface area contributed by atoms with Gasteiger partial charge in [0.15, 0.2) is 5.78 Å². The molecule has 3 aromatic rings. The SMILES string of the molecule is COC[C@@H]1CN[C@H](c2ncc(-c3ccc(-c4ccc(C(=O)CNC(=O)OC(C)(C)C)cc4)cc3)[nH]2)C1. The van der Waals surface area contributed by atoms with Crippen LogP contribution in [0.25, 0.3) is 22.4 Å². The smallest absolute Gasteiger partial charge is 0.408 e. The molecule has 0 spiro atoms. The van der Waals surface area contributed by atoms with Gasteiger partial charge in [0.1, 0.15) is 11.4 Å². The van der Waals surface area contributed by atoms with Gasteiger partial charge in [0, 0.05) is 19.2 Å². The number of nitrogens with zero attached hydrogens (tertiary/aromatic N) is 1. The van der Waals surface area contributed by atoms with Gasteiger partial charge in [0.25, 0.3) is 0 Å². The second-order valence-electron chi connectivity index (χ2n) is 10.1. The number of alkyl carbamates (subject to hydrolysis) is 1. The predicted octanol–water partition coefficient (Wildman–Crippen LogP) is 4.75. The summed E-state index contributed by atoms with van der Waals surface area (Å²) in [6.45, 7) is 6.91. The maximum absolute atomic E-state index is 12.4. The molecule has 1 aliphatic heterocycles. The molecule has 4 rings (SSSR count). The van der Waals surface area contributed by atoms with Crippen LogP contribution in [0.15, 0.2) is 54.7 Å². The molecule has 1 aliphatic rings. The Balaban J connectivity index is 1.35. The van der Waals surface area contributed by atoms with Gasteiger partial charge in [0.2, 0.25) is 0 Å². The fourth-order valence-electron chi connectivity index (χ4n) is 4.30. The van der Waals surface area contributed by atoms with Crippen LogP contribution in [0.1, 0.15) is 49.4 Å². The summed E-state index contributed by atoms with van der Waals surface area (Å²) in [5, 5.41) is 6.02. The molecule has 8 nitrogen and oxygen atoms in total. The Morgan fingerprint density at radius 2 is 1.67 bits per heavy atom. The van der Waals surface area contributed by atoms with Crippen molar-refractivity contribution < 1.29 is 19.1 Å². The van der Waals surface area contributed by atoms with Crippen molar-refractivity contribution in [3.63, 3.8) is 0 Å². The number of carbonyl (C=O) groups is 2. The maximum atomic E-state index is 12.4. The van der Waals surface area contributed by atoms with Crippen molar-refractivity contribution in [1.29, 1.82) is 0 Å². The molecule has 190 valence electrons. The fourth-order valence-corrected chi connectivity index (χ4v) is 4.30. The lowest BCUT2D eigenvalue weighted by molar-refractivity contribution is 0.0520. The van der Waals surface area contributed by atoms with Crippen molar-refractivity contribution in [3.05, 3.63) is 66.1 Å². The monoisotopic (exact) mass is 490 g/mol. The van der Waals surface area contributed by atoms with E-state index in [9.17, 15) is 9.59 Å². The molecule has 3 N–H and O–H groups in total. The topological polar surface area (TPSA) is 105 Å². The highest BCUT2D eigenvalue weighted by Gasteiger charge is 2.27. The van der Waals surface area contributed by atoms with Crippen molar-refractivity contribution >= 4 is 11.9 Å². The van der Waals surface area contributed by atoms with E-state index in [1.54, 1.807) is 40.0 Å². The largest absolute Gasteiger partial charge is 0.444 e. The van der Waals surface area contributed by atoms with Gasteiger partial charge < -0.3 is 25.1 Å². The van der Waals surface area contributed by atoms with Crippen molar-refractivity contribution in [2.24, 2.45) is 5.92 Å². The average molecular weight is 491 g/mol. The van der Waals surface area contributed by atoms with Crippen LogP contribution in [-0.2, 0) is 9.47 Å². The molecule has 2 atom stereocenters. The predicted molar refractivity (Wildman–Crippen MR) is 139 cm³/mol. The van der Waals surface area contributed by atoms with Crippen LogP contribution in [0, 0.1) is 5.92 Å². The van der Waals surface area contributed by atoms with Crippen LogP contribution in [0.2, 0.25) is 0 Å². The van der Waals surface area contributed by atoms with Crippen molar-refractivity contribution in [3.8, 4) is 22.4 Å². The van der Waals surface area contributed by atoms with Gasteiger partial charge >= 0.3 is 6.09 Å². The summed E-state index contributed by atoms with van der Waals surface area (Å²) in [6.07, 6.45) is 2.28. The number of methoxy groups -OCH3 is 1. The zero-order valence-corrected chi connectivity index (χ0v) is 21.3. The number of nitrogens with one attached hydrogen (secondary N) is 3.